The van der Waals surface area contributed by atoms with Gasteiger partial charge < -0.3 is 18.9 Å². The van der Waals surface area contributed by atoms with Crippen molar-refractivity contribution in [3.63, 3.8) is 0 Å². The van der Waals surface area contributed by atoms with E-state index in [0.29, 0.717) is 26.4 Å². The van der Waals surface area contributed by atoms with Crippen LogP contribution in [0.5, 0.6) is 11.5 Å². The minimum Gasteiger partial charge on any atom is -0.494 e. The molecule has 4 rings (SSSR count). The summed E-state index contributed by atoms with van der Waals surface area (Å²) in [5.74, 6) is 0.726. The van der Waals surface area contributed by atoms with Crippen LogP contribution < -0.4 is 9.47 Å². The standard InChI is InChI=1S/C41H42N4O6/c1-4-40(46)50-26-8-6-24-48-37-19-10-32(11-20-37)29-42-34-14-16-35(17-15-34)44-45-39-23-18-36(28-31(39)3)43-30-33-12-21-38(22-13-33)49-25-7-9-27-51-41(47)5-2/h4-5,10-23,28-30H,1-2,6-9,24-27H2,3H3. The summed E-state index contributed by atoms with van der Waals surface area (Å²) < 4.78 is 21.4. The Balaban J connectivity index is 1.19. The van der Waals surface area contributed by atoms with Crippen molar-refractivity contribution in [3.8, 4) is 11.5 Å². The van der Waals surface area contributed by atoms with Crippen LogP contribution in [0.1, 0.15) is 42.4 Å². The number of nitrogens with zero attached hydrogens (tertiary/aromatic N) is 4. The second kappa shape index (κ2) is 21.0. The van der Waals surface area contributed by atoms with E-state index in [4.69, 9.17) is 18.9 Å². The lowest BCUT2D eigenvalue weighted by Crippen LogP contribution is -2.04. The smallest absolute Gasteiger partial charge is 0.330 e. The van der Waals surface area contributed by atoms with Crippen molar-refractivity contribution in [2.24, 2.45) is 20.2 Å². The Labute approximate surface area is 298 Å². The Bertz CT molecular complexity index is 1810. The molecule has 0 aliphatic heterocycles. The normalized spacial score (nSPS) is 11.2. The molecular weight excluding hydrogens is 644 g/mol. The molecule has 0 atom stereocenters. The van der Waals surface area contributed by atoms with Crippen molar-refractivity contribution in [1.82, 2.24) is 0 Å². The highest BCUT2D eigenvalue weighted by atomic mass is 16.5. The molecule has 0 fully saturated rings. The van der Waals surface area contributed by atoms with Crippen LogP contribution >= 0.6 is 0 Å². The maximum atomic E-state index is 11.0. The first-order valence-electron chi connectivity index (χ1n) is 16.7. The number of hydrogen-bond donors (Lipinski definition) is 0. The molecule has 0 N–H and O–H groups in total. The molecule has 0 saturated heterocycles. The Morgan fingerprint density at radius 2 is 1.02 bits per heavy atom. The van der Waals surface area contributed by atoms with Gasteiger partial charge in [-0.05, 0) is 140 Å². The molecular formula is C41H42N4O6. The van der Waals surface area contributed by atoms with Gasteiger partial charge >= 0.3 is 11.9 Å². The summed E-state index contributed by atoms with van der Waals surface area (Å²) in [6, 6.07) is 28.7. The number of benzene rings is 4. The van der Waals surface area contributed by atoms with Gasteiger partial charge in [0.15, 0.2) is 0 Å². The highest BCUT2D eigenvalue weighted by Gasteiger charge is 2.02. The number of carbonyl (C=O) groups is 2. The number of hydrogen-bond acceptors (Lipinski definition) is 10. The first kappa shape index (κ1) is 37.7. The van der Waals surface area contributed by atoms with Gasteiger partial charge in [-0.25, -0.2) is 9.59 Å². The third-order valence-electron chi connectivity index (χ3n) is 7.23. The van der Waals surface area contributed by atoms with Gasteiger partial charge in [-0.2, -0.15) is 10.2 Å². The SMILES string of the molecule is C=CC(=O)OCCCCOc1ccc(C=Nc2ccc(N=Nc3ccc(N=Cc4ccc(OCCCCOC(=O)C=C)cc4)cc3C)cc2)cc1. The van der Waals surface area contributed by atoms with E-state index in [1.165, 1.54) is 0 Å². The number of unbranched alkanes of at least 4 members (excludes halogenated alkanes) is 2. The second-order valence-electron chi connectivity index (χ2n) is 11.2. The average molecular weight is 687 g/mol. The molecule has 262 valence electrons. The van der Waals surface area contributed by atoms with Crippen LogP contribution in [0.3, 0.4) is 0 Å². The third-order valence-corrected chi connectivity index (χ3v) is 7.23. The Morgan fingerprint density at radius 1 is 0.569 bits per heavy atom. The van der Waals surface area contributed by atoms with Gasteiger partial charge in [0.25, 0.3) is 0 Å². The lowest BCUT2D eigenvalue weighted by atomic mass is 10.2. The number of aliphatic imine (C=N–C) groups is 2. The fourth-order valence-electron chi connectivity index (χ4n) is 4.40. The molecule has 0 saturated carbocycles. The van der Waals surface area contributed by atoms with Gasteiger partial charge in [0.2, 0.25) is 0 Å². The zero-order chi connectivity index (χ0) is 36.1. The zero-order valence-electron chi connectivity index (χ0n) is 28.8. The van der Waals surface area contributed by atoms with Crippen molar-refractivity contribution < 1.29 is 28.5 Å². The first-order valence-corrected chi connectivity index (χ1v) is 16.7. The molecule has 0 aliphatic rings. The topological polar surface area (TPSA) is 120 Å². The molecule has 10 heteroatoms. The van der Waals surface area contributed by atoms with E-state index in [1.807, 2.05) is 97.9 Å². The highest BCUT2D eigenvalue weighted by Crippen LogP contribution is 2.27. The Morgan fingerprint density at radius 3 is 1.51 bits per heavy atom. The van der Waals surface area contributed by atoms with E-state index in [1.54, 1.807) is 12.4 Å². The quantitative estimate of drug-likeness (QED) is 0.0300. The number of esters is 2. The fourth-order valence-corrected chi connectivity index (χ4v) is 4.40. The third kappa shape index (κ3) is 14.1. The van der Waals surface area contributed by atoms with Crippen molar-refractivity contribution >= 4 is 47.1 Å². The monoisotopic (exact) mass is 686 g/mol. The van der Waals surface area contributed by atoms with Crippen LogP contribution in [-0.2, 0) is 19.1 Å². The molecule has 0 amide bonds. The number of rotatable bonds is 20. The van der Waals surface area contributed by atoms with Gasteiger partial charge in [0.05, 0.1) is 49.2 Å². The average Bonchev–Trinajstić information content (AvgIpc) is 3.16. The summed E-state index contributed by atoms with van der Waals surface area (Å²) in [7, 11) is 0. The molecule has 0 unspecified atom stereocenters. The molecule has 0 aromatic heterocycles. The van der Waals surface area contributed by atoms with Crippen LogP contribution in [0, 0.1) is 6.92 Å². The van der Waals surface area contributed by atoms with Crippen LogP contribution in [0.15, 0.2) is 137 Å². The maximum Gasteiger partial charge on any atom is 0.330 e. The number of azo groups is 1. The number of ether oxygens (including phenoxy) is 4. The van der Waals surface area contributed by atoms with Crippen LogP contribution in [-0.4, -0.2) is 50.8 Å². The summed E-state index contributed by atoms with van der Waals surface area (Å²) in [4.78, 5) is 31.2. The fraction of sp³-hybridized carbons (Fsp3) is 0.220. The molecule has 0 heterocycles. The predicted octanol–water partition coefficient (Wildman–Crippen LogP) is 9.69. The highest BCUT2D eigenvalue weighted by molar-refractivity contribution is 5.83. The van der Waals surface area contributed by atoms with E-state index in [9.17, 15) is 9.59 Å². The molecule has 0 spiro atoms. The lowest BCUT2D eigenvalue weighted by Gasteiger charge is -2.06. The number of aryl methyl sites for hydroxylation is 1. The van der Waals surface area contributed by atoms with E-state index in [0.717, 1.165) is 88.8 Å². The Kier molecular flexibility index (Phi) is 15.5. The molecule has 51 heavy (non-hydrogen) atoms. The summed E-state index contributed by atoms with van der Waals surface area (Å²) >= 11 is 0. The van der Waals surface area contributed by atoms with E-state index >= 15 is 0 Å². The summed E-state index contributed by atoms with van der Waals surface area (Å²) in [5, 5.41) is 8.83. The molecule has 0 aliphatic carbocycles. The second-order valence-corrected chi connectivity index (χ2v) is 11.2. The zero-order valence-corrected chi connectivity index (χ0v) is 28.8. The minimum absolute atomic E-state index is 0.357. The maximum absolute atomic E-state index is 11.0. The van der Waals surface area contributed by atoms with Crippen molar-refractivity contribution in [3.05, 3.63) is 133 Å². The molecule has 0 bridgehead atoms. The van der Waals surface area contributed by atoms with Crippen molar-refractivity contribution in [2.45, 2.75) is 32.6 Å². The van der Waals surface area contributed by atoms with E-state index in [2.05, 4.69) is 33.4 Å². The van der Waals surface area contributed by atoms with Gasteiger partial charge in [0.1, 0.15) is 11.5 Å². The van der Waals surface area contributed by atoms with Crippen LogP contribution in [0.2, 0.25) is 0 Å². The van der Waals surface area contributed by atoms with Crippen molar-refractivity contribution in [1.29, 1.82) is 0 Å². The Hall–Kier alpha value is -6.16. The first-order chi connectivity index (χ1) is 24.9. The van der Waals surface area contributed by atoms with Gasteiger partial charge in [-0.3, -0.25) is 9.98 Å². The van der Waals surface area contributed by atoms with Crippen LogP contribution in [0.25, 0.3) is 0 Å². The van der Waals surface area contributed by atoms with Gasteiger partial charge in [0, 0.05) is 24.6 Å². The van der Waals surface area contributed by atoms with Gasteiger partial charge in [-0.15, -0.1) is 0 Å². The predicted molar refractivity (Wildman–Crippen MR) is 201 cm³/mol. The summed E-state index contributed by atoms with van der Waals surface area (Å²) in [6.07, 6.45) is 8.93. The molecule has 4 aromatic rings. The minimum atomic E-state index is -0.408. The largest absolute Gasteiger partial charge is 0.494 e. The molecule has 0 radical (unpaired) electrons. The molecule has 10 nitrogen and oxygen atoms in total. The number of carbonyl (C=O) groups excluding carboxylic acids is 2. The van der Waals surface area contributed by atoms with E-state index < -0.39 is 11.9 Å². The summed E-state index contributed by atoms with van der Waals surface area (Å²) in [5.41, 5.74) is 5.95. The molecule has 4 aromatic carbocycles. The van der Waals surface area contributed by atoms with Crippen molar-refractivity contribution in [2.75, 3.05) is 26.4 Å². The summed E-state index contributed by atoms with van der Waals surface area (Å²) in [6.45, 7) is 10.5. The van der Waals surface area contributed by atoms with E-state index in [-0.39, 0.29) is 0 Å². The van der Waals surface area contributed by atoms with Crippen LogP contribution in [0.4, 0.5) is 22.7 Å². The lowest BCUT2D eigenvalue weighted by molar-refractivity contribution is -0.138. The van der Waals surface area contributed by atoms with Gasteiger partial charge in [-0.1, -0.05) is 13.2 Å².